The molecule has 0 aromatic rings. The third-order valence-electron chi connectivity index (χ3n) is 3.82. The molecule has 0 saturated heterocycles. The van der Waals surface area contributed by atoms with E-state index in [2.05, 4.69) is 20.8 Å². The highest BCUT2D eigenvalue weighted by molar-refractivity contribution is 4.57. The number of rotatable bonds is 21. The minimum atomic E-state index is -0.213. The Hall–Kier alpha value is -0.240. The smallest absolute Gasteiger partial charge is 0.160 e. The lowest BCUT2D eigenvalue weighted by molar-refractivity contribution is -0.183. The van der Waals surface area contributed by atoms with Gasteiger partial charge in [-0.2, -0.15) is 0 Å². The fourth-order valence-corrected chi connectivity index (χ4v) is 2.35. The van der Waals surface area contributed by atoms with Crippen LogP contribution in [0.3, 0.4) is 0 Å². The van der Waals surface area contributed by atoms with Crippen molar-refractivity contribution >= 4 is 0 Å². The fourth-order valence-electron chi connectivity index (χ4n) is 2.35. The lowest BCUT2D eigenvalue weighted by Crippen LogP contribution is -2.28. The molecule has 0 bridgehead atoms. The molecule has 0 amide bonds. The summed E-state index contributed by atoms with van der Waals surface area (Å²) >= 11 is 0. The highest BCUT2D eigenvalue weighted by atomic mass is 16.7. The zero-order valence-electron chi connectivity index (χ0n) is 17.5. The van der Waals surface area contributed by atoms with Crippen LogP contribution in [-0.4, -0.2) is 72.4 Å². The second-order valence-corrected chi connectivity index (χ2v) is 6.26. The maximum Gasteiger partial charge on any atom is 0.160 e. The average molecular weight is 379 g/mol. The minimum absolute atomic E-state index is 0.213. The summed E-state index contributed by atoms with van der Waals surface area (Å²) in [7, 11) is 0. The van der Waals surface area contributed by atoms with Crippen LogP contribution in [0, 0.1) is 5.92 Å². The summed E-state index contributed by atoms with van der Waals surface area (Å²) in [5.41, 5.74) is 0. The molecule has 0 aliphatic rings. The van der Waals surface area contributed by atoms with Crippen molar-refractivity contribution in [1.29, 1.82) is 0 Å². The molecule has 0 spiro atoms. The molecule has 26 heavy (non-hydrogen) atoms. The molecule has 0 fully saturated rings. The van der Waals surface area contributed by atoms with Crippen molar-refractivity contribution in [2.75, 3.05) is 66.1 Å². The summed E-state index contributed by atoms with van der Waals surface area (Å²) in [4.78, 5) is 0. The standard InChI is InChI=1S/C20H42O6/c1-5-8-10-22-13-14-24-16-18-26-20(19(4)9-6-2)25-17-15-23-12-11-21-7-3/h19-20H,5-18H2,1-4H3. The maximum absolute atomic E-state index is 5.88. The second-order valence-electron chi connectivity index (χ2n) is 6.26. The summed E-state index contributed by atoms with van der Waals surface area (Å²) in [6.45, 7) is 14.6. The van der Waals surface area contributed by atoms with E-state index in [1.807, 2.05) is 6.92 Å². The van der Waals surface area contributed by atoms with Crippen LogP contribution in [0.1, 0.15) is 53.4 Å². The largest absolute Gasteiger partial charge is 0.379 e. The molecule has 6 heteroatoms. The molecule has 158 valence electrons. The molecule has 0 aliphatic heterocycles. The normalized spacial score (nSPS) is 13.8. The van der Waals surface area contributed by atoms with Crippen LogP contribution >= 0.6 is 0 Å². The first-order valence-corrected chi connectivity index (χ1v) is 10.3. The predicted molar refractivity (Wildman–Crippen MR) is 104 cm³/mol. The first-order chi connectivity index (χ1) is 12.8. The zero-order valence-corrected chi connectivity index (χ0v) is 17.5. The number of hydrogen-bond acceptors (Lipinski definition) is 6. The Morgan fingerprint density at radius 2 is 1.08 bits per heavy atom. The van der Waals surface area contributed by atoms with Gasteiger partial charge in [0.1, 0.15) is 0 Å². The van der Waals surface area contributed by atoms with Gasteiger partial charge >= 0.3 is 0 Å². The summed E-state index contributed by atoms with van der Waals surface area (Å²) < 4.78 is 33.5. The van der Waals surface area contributed by atoms with Crippen molar-refractivity contribution in [3.8, 4) is 0 Å². The summed E-state index contributed by atoms with van der Waals surface area (Å²) in [6, 6.07) is 0. The molecular formula is C20H42O6. The Labute approximate surface area is 160 Å². The minimum Gasteiger partial charge on any atom is -0.379 e. The lowest BCUT2D eigenvalue weighted by atomic mass is 10.1. The van der Waals surface area contributed by atoms with Crippen LogP contribution in [0.15, 0.2) is 0 Å². The summed E-state index contributed by atoms with van der Waals surface area (Å²) in [5.74, 6) is 0.348. The number of ether oxygens (including phenoxy) is 6. The van der Waals surface area contributed by atoms with E-state index < -0.39 is 0 Å². The molecule has 2 atom stereocenters. The summed E-state index contributed by atoms with van der Waals surface area (Å²) in [5, 5.41) is 0. The van der Waals surface area contributed by atoms with E-state index in [1.54, 1.807) is 0 Å². The van der Waals surface area contributed by atoms with E-state index in [-0.39, 0.29) is 6.29 Å². The number of unbranched alkanes of at least 4 members (excludes halogenated alkanes) is 1. The van der Waals surface area contributed by atoms with E-state index in [0.29, 0.717) is 58.8 Å². The van der Waals surface area contributed by atoms with Crippen molar-refractivity contribution in [2.24, 2.45) is 5.92 Å². The second kappa shape index (κ2) is 21.1. The van der Waals surface area contributed by atoms with Gasteiger partial charge in [0.25, 0.3) is 0 Å². The van der Waals surface area contributed by atoms with Gasteiger partial charge < -0.3 is 28.4 Å². The molecule has 0 aromatic heterocycles. The molecular weight excluding hydrogens is 336 g/mol. The van der Waals surface area contributed by atoms with Crippen LogP contribution in [0.4, 0.5) is 0 Å². The Kier molecular flexibility index (Phi) is 20.9. The third-order valence-corrected chi connectivity index (χ3v) is 3.82. The van der Waals surface area contributed by atoms with Gasteiger partial charge in [-0.1, -0.05) is 33.6 Å². The van der Waals surface area contributed by atoms with Crippen LogP contribution in [0.25, 0.3) is 0 Å². The van der Waals surface area contributed by atoms with Gasteiger partial charge in [0.05, 0.1) is 52.9 Å². The Morgan fingerprint density at radius 1 is 0.577 bits per heavy atom. The molecule has 0 rings (SSSR count). The molecule has 0 aromatic carbocycles. The quantitative estimate of drug-likeness (QED) is 0.224. The van der Waals surface area contributed by atoms with Crippen molar-refractivity contribution in [3.05, 3.63) is 0 Å². The van der Waals surface area contributed by atoms with Crippen LogP contribution in [-0.2, 0) is 28.4 Å². The van der Waals surface area contributed by atoms with Gasteiger partial charge in [0.15, 0.2) is 6.29 Å². The van der Waals surface area contributed by atoms with Gasteiger partial charge in [-0.25, -0.2) is 0 Å². The van der Waals surface area contributed by atoms with Crippen LogP contribution in [0.5, 0.6) is 0 Å². The molecule has 0 N–H and O–H groups in total. The van der Waals surface area contributed by atoms with E-state index in [0.717, 1.165) is 38.9 Å². The zero-order chi connectivity index (χ0) is 19.3. The Balaban J connectivity index is 3.73. The topological polar surface area (TPSA) is 55.4 Å². The lowest BCUT2D eigenvalue weighted by Gasteiger charge is -2.24. The third kappa shape index (κ3) is 17.2. The first-order valence-electron chi connectivity index (χ1n) is 10.3. The van der Waals surface area contributed by atoms with Gasteiger partial charge in [0.2, 0.25) is 0 Å². The van der Waals surface area contributed by atoms with E-state index >= 15 is 0 Å². The summed E-state index contributed by atoms with van der Waals surface area (Å²) in [6.07, 6.45) is 4.23. The maximum atomic E-state index is 5.88. The monoisotopic (exact) mass is 378 g/mol. The van der Waals surface area contributed by atoms with Crippen LogP contribution < -0.4 is 0 Å². The Bertz CT molecular complexity index is 265. The molecule has 6 nitrogen and oxygen atoms in total. The van der Waals surface area contributed by atoms with E-state index in [4.69, 9.17) is 28.4 Å². The predicted octanol–water partition coefficient (Wildman–Crippen LogP) is 3.67. The van der Waals surface area contributed by atoms with Crippen molar-refractivity contribution in [2.45, 2.75) is 59.7 Å². The first kappa shape index (κ1) is 25.8. The SMILES string of the molecule is CCCCOCCOCCOC(OCCOCCOCC)C(C)CCC. The van der Waals surface area contributed by atoms with Crippen molar-refractivity contribution in [3.63, 3.8) is 0 Å². The molecule has 0 aliphatic carbocycles. The fraction of sp³-hybridized carbons (Fsp3) is 1.00. The van der Waals surface area contributed by atoms with E-state index in [9.17, 15) is 0 Å². The molecule has 0 radical (unpaired) electrons. The van der Waals surface area contributed by atoms with Gasteiger partial charge in [-0.3, -0.25) is 0 Å². The molecule has 0 heterocycles. The van der Waals surface area contributed by atoms with Gasteiger partial charge in [-0.15, -0.1) is 0 Å². The Morgan fingerprint density at radius 3 is 1.58 bits per heavy atom. The number of hydrogen-bond donors (Lipinski definition) is 0. The van der Waals surface area contributed by atoms with Crippen molar-refractivity contribution in [1.82, 2.24) is 0 Å². The highest BCUT2D eigenvalue weighted by Crippen LogP contribution is 2.15. The van der Waals surface area contributed by atoms with Gasteiger partial charge in [0, 0.05) is 19.1 Å². The average Bonchev–Trinajstić information content (AvgIpc) is 2.64. The highest BCUT2D eigenvalue weighted by Gasteiger charge is 2.17. The molecule has 2 unspecified atom stereocenters. The van der Waals surface area contributed by atoms with E-state index in [1.165, 1.54) is 0 Å². The van der Waals surface area contributed by atoms with Gasteiger partial charge in [-0.05, 0) is 19.8 Å². The molecule has 0 saturated carbocycles. The van der Waals surface area contributed by atoms with Crippen LogP contribution in [0.2, 0.25) is 0 Å². The van der Waals surface area contributed by atoms with Crippen molar-refractivity contribution < 1.29 is 28.4 Å².